The Labute approximate surface area is 149 Å². The second-order valence-corrected chi connectivity index (χ2v) is 6.49. The maximum atomic E-state index is 12.8. The van der Waals surface area contributed by atoms with Crippen LogP contribution in [0.5, 0.6) is 0 Å². The van der Waals surface area contributed by atoms with E-state index in [1.54, 1.807) is 23.9 Å². The molecule has 0 atom stereocenters. The highest BCUT2D eigenvalue weighted by Crippen LogP contribution is 2.23. The van der Waals surface area contributed by atoms with Crippen molar-refractivity contribution < 1.29 is 4.79 Å². The minimum atomic E-state index is -0.375. The molecule has 3 heterocycles. The third-order valence-electron chi connectivity index (χ3n) is 4.70. The summed E-state index contributed by atoms with van der Waals surface area (Å²) in [5.74, 6) is 1.06. The molecule has 8 nitrogen and oxygen atoms in total. The fourth-order valence-electron chi connectivity index (χ4n) is 3.33. The number of hydrogen-bond acceptors (Lipinski definition) is 5. The van der Waals surface area contributed by atoms with Crippen molar-refractivity contribution >= 4 is 22.8 Å². The van der Waals surface area contributed by atoms with Gasteiger partial charge in [0.2, 0.25) is 11.5 Å². The molecule has 134 valence electrons. The highest BCUT2D eigenvalue weighted by Gasteiger charge is 2.22. The molecule has 1 aliphatic heterocycles. The zero-order chi connectivity index (χ0) is 18.1. The molecule has 1 fully saturated rings. The van der Waals surface area contributed by atoms with Crippen LogP contribution in [0.1, 0.15) is 34.9 Å². The number of pyridine rings is 1. The average molecular weight is 352 g/mol. The number of aromatic nitrogens is 4. The zero-order valence-electron chi connectivity index (χ0n) is 14.5. The van der Waals surface area contributed by atoms with Crippen LogP contribution in [0.25, 0.3) is 10.9 Å². The second kappa shape index (κ2) is 6.72. The first-order chi connectivity index (χ1) is 12.6. The van der Waals surface area contributed by atoms with Crippen LogP contribution in [0.4, 0.5) is 5.95 Å². The Morgan fingerprint density at radius 2 is 2.04 bits per heavy atom. The lowest BCUT2D eigenvalue weighted by Crippen LogP contribution is -2.27. The molecule has 26 heavy (non-hydrogen) atoms. The fourth-order valence-corrected chi connectivity index (χ4v) is 3.33. The number of nitrogens with zero attached hydrogens (tertiary/aromatic N) is 3. The summed E-state index contributed by atoms with van der Waals surface area (Å²) in [7, 11) is 1.75. The molecular weight excluding hydrogens is 332 g/mol. The number of piperidine rings is 1. The van der Waals surface area contributed by atoms with E-state index in [0.29, 0.717) is 28.3 Å². The van der Waals surface area contributed by atoms with Crippen molar-refractivity contribution in [3.05, 3.63) is 52.1 Å². The van der Waals surface area contributed by atoms with Crippen LogP contribution in [0.3, 0.4) is 0 Å². The molecule has 1 aromatic carbocycles. The van der Waals surface area contributed by atoms with Gasteiger partial charge >= 0.3 is 0 Å². The molecule has 3 aromatic rings. The number of para-hydroxylation sites is 1. The number of anilines is 1. The van der Waals surface area contributed by atoms with Crippen LogP contribution in [-0.4, -0.2) is 38.7 Å². The zero-order valence-corrected chi connectivity index (χ0v) is 14.5. The number of hydrogen-bond donors (Lipinski definition) is 3. The predicted molar refractivity (Wildman–Crippen MR) is 98.4 cm³/mol. The van der Waals surface area contributed by atoms with Crippen LogP contribution in [0.15, 0.2) is 35.1 Å². The minimum Gasteiger partial charge on any atom is -0.322 e. The third-order valence-corrected chi connectivity index (χ3v) is 4.70. The van der Waals surface area contributed by atoms with Gasteiger partial charge in [-0.2, -0.15) is 10.1 Å². The Balaban J connectivity index is 1.63. The Morgan fingerprint density at radius 1 is 1.27 bits per heavy atom. The lowest BCUT2D eigenvalue weighted by atomic mass is 9.98. The van der Waals surface area contributed by atoms with Crippen molar-refractivity contribution in [2.24, 2.45) is 7.05 Å². The number of fused-ring (bicyclic) bond motifs is 1. The van der Waals surface area contributed by atoms with E-state index in [-0.39, 0.29) is 11.5 Å². The molecule has 0 aliphatic carbocycles. The third kappa shape index (κ3) is 3.11. The molecule has 1 aliphatic rings. The smallest absolute Gasteiger partial charge is 0.258 e. The molecular formula is C18H20N6O2. The number of rotatable bonds is 3. The van der Waals surface area contributed by atoms with Gasteiger partial charge in [0.1, 0.15) is 0 Å². The number of aromatic amines is 1. The van der Waals surface area contributed by atoms with Gasteiger partial charge in [0, 0.05) is 29.9 Å². The van der Waals surface area contributed by atoms with E-state index >= 15 is 0 Å². The Hall–Kier alpha value is -3.00. The number of carbonyl (C=O) groups excluding carboxylic acids is 1. The van der Waals surface area contributed by atoms with Crippen molar-refractivity contribution in [2.45, 2.75) is 18.8 Å². The molecule has 0 spiro atoms. The molecule has 0 saturated carbocycles. The number of amides is 1. The van der Waals surface area contributed by atoms with Crippen LogP contribution < -0.4 is 16.2 Å². The highest BCUT2D eigenvalue weighted by atomic mass is 16.2. The maximum absolute atomic E-state index is 12.8. The summed E-state index contributed by atoms with van der Waals surface area (Å²) in [6.45, 7) is 1.90. The number of carbonyl (C=O) groups is 1. The van der Waals surface area contributed by atoms with Gasteiger partial charge in [-0.25, -0.2) is 4.68 Å². The monoisotopic (exact) mass is 352 g/mol. The maximum Gasteiger partial charge on any atom is 0.258 e. The van der Waals surface area contributed by atoms with E-state index in [1.165, 1.54) is 6.07 Å². The van der Waals surface area contributed by atoms with Gasteiger partial charge in [-0.05, 0) is 32.0 Å². The summed E-state index contributed by atoms with van der Waals surface area (Å²) in [4.78, 5) is 31.9. The lowest BCUT2D eigenvalue weighted by Gasteiger charge is -2.19. The summed E-state index contributed by atoms with van der Waals surface area (Å²) in [5.41, 5.74) is 0.622. The summed E-state index contributed by atoms with van der Waals surface area (Å²) < 4.78 is 1.57. The average Bonchev–Trinajstić information content (AvgIpc) is 3.02. The van der Waals surface area contributed by atoms with E-state index in [4.69, 9.17) is 0 Å². The fraction of sp³-hybridized carbons (Fsp3) is 0.333. The van der Waals surface area contributed by atoms with Crippen LogP contribution in [0.2, 0.25) is 0 Å². The predicted octanol–water partition coefficient (Wildman–Crippen LogP) is 1.38. The number of nitrogens with one attached hydrogen (secondary N) is 3. The van der Waals surface area contributed by atoms with Crippen LogP contribution in [0, 0.1) is 0 Å². The number of aryl methyl sites for hydroxylation is 1. The van der Waals surface area contributed by atoms with E-state index in [9.17, 15) is 9.59 Å². The molecule has 3 N–H and O–H groups in total. The van der Waals surface area contributed by atoms with Crippen molar-refractivity contribution in [3.8, 4) is 0 Å². The Kier molecular flexibility index (Phi) is 4.26. The van der Waals surface area contributed by atoms with Gasteiger partial charge in [-0.15, -0.1) is 0 Å². The summed E-state index contributed by atoms with van der Waals surface area (Å²) in [6.07, 6.45) is 1.96. The van der Waals surface area contributed by atoms with E-state index in [0.717, 1.165) is 31.8 Å². The van der Waals surface area contributed by atoms with Gasteiger partial charge in [-0.1, -0.05) is 18.2 Å². The summed E-state index contributed by atoms with van der Waals surface area (Å²) >= 11 is 0. The van der Waals surface area contributed by atoms with Gasteiger partial charge < -0.3 is 10.3 Å². The standard InChI is InChI=1S/C18H20N6O2/c1-24-18(21-16(23-24)11-6-8-19-9-7-11)22-17(26)13-10-15(25)20-14-5-3-2-4-12(13)14/h2-5,10-11,19H,6-9H2,1H3,(H,20,25)(H,21,22,23,26). The van der Waals surface area contributed by atoms with Crippen LogP contribution in [-0.2, 0) is 7.05 Å². The van der Waals surface area contributed by atoms with Crippen molar-refractivity contribution in [3.63, 3.8) is 0 Å². The molecule has 0 bridgehead atoms. The lowest BCUT2D eigenvalue weighted by molar-refractivity contribution is 0.102. The Bertz CT molecular complexity index is 1020. The van der Waals surface area contributed by atoms with Gasteiger partial charge in [0.05, 0.1) is 5.56 Å². The normalized spacial score (nSPS) is 15.3. The van der Waals surface area contributed by atoms with E-state index in [2.05, 4.69) is 25.7 Å². The minimum absolute atomic E-state index is 0.300. The first-order valence-electron chi connectivity index (χ1n) is 8.67. The van der Waals surface area contributed by atoms with Gasteiger partial charge in [0.15, 0.2) is 5.82 Å². The first kappa shape index (κ1) is 16.5. The largest absolute Gasteiger partial charge is 0.322 e. The molecule has 1 saturated heterocycles. The number of benzene rings is 1. The van der Waals surface area contributed by atoms with E-state index in [1.807, 2.05) is 12.1 Å². The van der Waals surface area contributed by atoms with Gasteiger partial charge in [0.25, 0.3) is 5.91 Å². The van der Waals surface area contributed by atoms with Gasteiger partial charge in [-0.3, -0.25) is 14.9 Å². The Morgan fingerprint density at radius 3 is 2.85 bits per heavy atom. The van der Waals surface area contributed by atoms with Crippen LogP contribution >= 0.6 is 0 Å². The quantitative estimate of drug-likeness (QED) is 0.660. The molecule has 8 heteroatoms. The second-order valence-electron chi connectivity index (χ2n) is 6.49. The number of H-pyrrole nitrogens is 1. The molecule has 1 amide bonds. The van der Waals surface area contributed by atoms with Crippen molar-refractivity contribution in [2.75, 3.05) is 18.4 Å². The first-order valence-corrected chi connectivity index (χ1v) is 8.67. The molecule has 4 rings (SSSR count). The van der Waals surface area contributed by atoms with Crippen molar-refractivity contribution in [1.82, 2.24) is 25.1 Å². The summed E-state index contributed by atoms with van der Waals surface area (Å²) in [6, 6.07) is 8.52. The summed E-state index contributed by atoms with van der Waals surface area (Å²) in [5, 5.41) is 11.2. The molecule has 0 unspecified atom stereocenters. The highest BCUT2D eigenvalue weighted by molar-refractivity contribution is 6.11. The van der Waals surface area contributed by atoms with Crippen molar-refractivity contribution in [1.29, 1.82) is 0 Å². The topological polar surface area (TPSA) is 105 Å². The van der Waals surface area contributed by atoms with E-state index < -0.39 is 0 Å². The molecule has 2 aromatic heterocycles. The SMILES string of the molecule is Cn1nc(C2CCNCC2)nc1NC(=O)c1cc(=O)[nH]c2ccccc12. The molecule has 0 radical (unpaired) electrons.